The third-order valence-corrected chi connectivity index (χ3v) is 15.6. The van der Waals surface area contributed by atoms with Crippen LogP contribution in [0.1, 0.15) is 126 Å². The summed E-state index contributed by atoms with van der Waals surface area (Å²) < 4.78 is 5.96. The van der Waals surface area contributed by atoms with Crippen LogP contribution in [0.3, 0.4) is 0 Å². The Morgan fingerprint density at radius 1 is 0.816 bits per heavy atom. The lowest BCUT2D eigenvalue weighted by molar-refractivity contribution is -0.196. The largest absolute Gasteiger partial charge is 0.460 e. The molecular weight excluding hydrogens is 610 g/mol. The van der Waals surface area contributed by atoms with E-state index < -0.39 is 5.41 Å². The van der Waals surface area contributed by atoms with E-state index in [0.29, 0.717) is 19.0 Å². The van der Waals surface area contributed by atoms with E-state index in [1.54, 1.807) is 13.8 Å². The molecule has 49 heavy (non-hydrogen) atoms. The first-order chi connectivity index (χ1) is 22.8. The molecule has 0 aliphatic heterocycles. The van der Waals surface area contributed by atoms with E-state index in [0.717, 1.165) is 63.4 Å². The molecule has 0 unspecified atom stereocenters. The van der Waals surface area contributed by atoms with E-state index in [2.05, 4.69) is 59.4 Å². The molecule has 0 spiro atoms. The van der Waals surface area contributed by atoms with E-state index in [1.807, 2.05) is 30.3 Å². The van der Waals surface area contributed by atoms with Gasteiger partial charge < -0.3 is 4.74 Å². The molecule has 1 aromatic carbocycles. The van der Waals surface area contributed by atoms with Crippen LogP contribution in [0.4, 0.5) is 0 Å². The van der Waals surface area contributed by atoms with Crippen LogP contribution in [0, 0.1) is 50.2 Å². The van der Waals surface area contributed by atoms with Crippen LogP contribution < -0.4 is 0 Å². The summed E-state index contributed by atoms with van der Waals surface area (Å²) in [7, 11) is 0. The molecule has 1 aromatic rings. The molecule has 268 valence electrons. The molecule has 6 heteroatoms. The van der Waals surface area contributed by atoms with Gasteiger partial charge in [0, 0.05) is 12.0 Å². The minimum absolute atomic E-state index is 0.0616. The van der Waals surface area contributed by atoms with Crippen molar-refractivity contribution in [3.05, 3.63) is 47.5 Å². The summed E-state index contributed by atoms with van der Waals surface area (Å²) in [6.07, 6.45) is 10.6. The summed E-state index contributed by atoms with van der Waals surface area (Å²) in [6.45, 7) is 20.5. The summed E-state index contributed by atoms with van der Waals surface area (Å²) in [5, 5.41) is 0. The Kier molecular flexibility index (Phi) is 9.07. The van der Waals surface area contributed by atoms with Crippen LogP contribution in [0.25, 0.3) is 0 Å². The normalized spacial score (nSPS) is 41.0. The first-order valence-electron chi connectivity index (χ1n) is 19.0. The highest BCUT2D eigenvalue weighted by Gasteiger charge is 2.70. The van der Waals surface area contributed by atoms with E-state index in [-0.39, 0.29) is 74.9 Å². The fourth-order valence-corrected chi connectivity index (χ4v) is 12.8. The lowest BCUT2D eigenvalue weighted by atomic mass is 9.33. The summed E-state index contributed by atoms with van der Waals surface area (Å²) >= 11 is 0. The molecule has 0 saturated heterocycles. The van der Waals surface area contributed by atoms with Gasteiger partial charge in [0.15, 0.2) is 5.78 Å². The van der Waals surface area contributed by atoms with Gasteiger partial charge in [0.2, 0.25) is 0 Å². The lowest BCUT2D eigenvalue weighted by Gasteiger charge is -2.71. The molecule has 0 radical (unpaired) electrons. The highest BCUT2D eigenvalue weighted by molar-refractivity contribution is 5.95. The maximum atomic E-state index is 14.9. The maximum Gasteiger partial charge on any atom is 0.312 e. The molecule has 0 bridgehead atoms. The predicted molar refractivity (Wildman–Crippen MR) is 192 cm³/mol. The number of nitrogens with zero attached hydrogens (tertiary/aromatic N) is 1. The molecule has 4 saturated carbocycles. The average molecular weight is 672 g/mol. The molecule has 5 aliphatic rings. The van der Waals surface area contributed by atoms with Crippen molar-refractivity contribution >= 4 is 23.3 Å². The monoisotopic (exact) mass is 671 g/mol. The number of benzene rings is 1. The minimum atomic E-state index is -0.587. The Labute approximate surface area is 295 Å². The number of fused-ring (bicyclic) bond motifs is 7. The molecule has 4 fully saturated rings. The van der Waals surface area contributed by atoms with Gasteiger partial charge in [-0.05, 0) is 129 Å². The molecule has 6 nitrogen and oxygen atoms in total. The fourth-order valence-electron chi connectivity index (χ4n) is 12.8. The minimum Gasteiger partial charge on any atom is -0.460 e. The highest BCUT2D eigenvalue weighted by Crippen LogP contribution is 2.75. The molecule has 9 atom stereocenters. The van der Waals surface area contributed by atoms with Crippen LogP contribution in [-0.2, 0) is 30.5 Å². The summed E-state index contributed by atoms with van der Waals surface area (Å²) in [6, 6.07) is 10.0. The lowest BCUT2D eigenvalue weighted by Crippen LogP contribution is -2.68. The van der Waals surface area contributed by atoms with Crippen molar-refractivity contribution < 1.29 is 23.9 Å². The van der Waals surface area contributed by atoms with Gasteiger partial charge in [-0.1, -0.05) is 77.4 Å². The fraction of sp³-hybridized carbons (Fsp3) is 0.721. The predicted octanol–water partition coefficient (Wildman–Crippen LogP) is 8.56. The second-order valence-corrected chi connectivity index (χ2v) is 19.0. The summed E-state index contributed by atoms with van der Waals surface area (Å²) in [5.74, 6) is 0.714. The van der Waals surface area contributed by atoms with Crippen molar-refractivity contribution in [1.29, 1.82) is 0 Å². The molecular formula is C43H61NO5. The summed E-state index contributed by atoms with van der Waals surface area (Å²) in [5.41, 5.74) is 1.10. The SMILES string of the molecule is CC(=O)CN(CC(C)=O)[C@H]1CC[C@]2(C)[C@H]3C(=O)C=C4[C@@H]5C[C@@](C)(C(=O)OCc6ccccc6)CC[C@]5(C)CC[C@@]4(C)[C@]3(C)CC[C@H]2C1(C)C. The van der Waals surface area contributed by atoms with Crippen molar-refractivity contribution in [2.45, 2.75) is 133 Å². The van der Waals surface area contributed by atoms with Crippen LogP contribution in [0.15, 0.2) is 42.0 Å². The Balaban J connectivity index is 1.31. The number of Topliss-reactive ketones (excluding diaryl/α,β-unsaturated/α-hetero) is 2. The van der Waals surface area contributed by atoms with Gasteiger partial charge in [-0.25, -0.2) is 0 Å². The first-order valence-corrected chi connectivity index (χ1v) is 19.0. The second kappa shape index (κ2) is 12.3. The average Bonchev–Trinajstić information content (AvgIpc) is 3.01. The quantitative estimate of drug-likeness (QED) is 0.258. The van der Waals surface area contributed by atoms with Gasteiger partial charge in [0.05, 0.1) is 18.5 Å². The van der Waals surface area contributed by atoms with Crippen LogP contribution in [0.5, 0.6) is 0 Å². The molecule has 0 aromatic heterocycles. The Morgan fingerprint density at radius 3 is 2.08 bits per heavy atom. The number of carbonyl (C=O) groups excluding carboxylic acids is 4. The second-order valence-electron chi connectivity index (χ2n) is 19.0. The third-order valence-electron chi connectivity index (χ3n) is 15.6. The van der Waals surface area contributed by atoms with Crippen molar-refractivity contribution in [1.82, 2.24) is 4.90 Å². The van der Waals surface area contributed by atoms with E-state index in [4.69, 9.17) is 4.74 Å². The number of esters is 1. The first kappa shape index (κ1) is 36.2. The molecule has 0 heterocycles. The Morgan fingerprint density at radius 2 is 1.45 bits per heavy atom. The van der Waals surface area contributed by atoms with Gasteiger partial charge in [-0.3, -0.25) is 24.1 Å². The van der Waals surface area contributed by atoms with Crippen molar-refractivity contribution in [3.63, 3.8) is 0 Å². The number of carbonyl (C=O) groups is 4. The maximum absolute atomic E-state index is 14.9. The number of rotatable bonds is 8. The molecule has 0 amide bonds. The number of hydrogen-bond donors (Lipinski definition) is 0. The third kappa shape index (κ3) is 5.71. The zero-order valence-corrected chi connectivity index (χ0v) is 31.7. The van der Waals surface area contributed by atoms with Crippen molar-refractivity contribution in [2.24, 2.45) is 50.2 Å². The van der Waals surface area contributed by atoms with E-state index in [9.17, 15) is 19.2 Å². The molecule has 0 N–H and O–H groups in total. The zero-order chi connectivity index (χ0) is 35.8. The van der Waals surface area contributed by atoms with Gasteiger partial charge >= 0.3 is 5.97 Å². The van der Waals surface area contributed by atoms with Crippen LogP contribution in [0.2, 0.25) is 0 Å². The zero-order valence-electron chi connectivity index (χ0n) is 31.7. The number of ether oxygens (including phenoxy) is 1. The number of hydrogen-bond acceptors (Lipinski definition) is 6. The van der Waals surface area contributed by atoms with Gasteiger partial charge in [-0.2, -0.15) is 0 Å². The van der Waals surface area contributed by atoms with Crippen molar-refractivity contribution in [2.75, 3.05) is 13.1 Å². The Hall–Kier alpha value is -2.60. The van der Waals surface area contributed by atoms with E-state index >= 15 is 0 Å². The smallest absolute Gasteiger partial charge is 0.312 e. The van der Waals surface area contributed by atoms with Gasteiger partial charge in [-0.15, -0.1) is 0 Å². The van der Waals surface area contributed by atoms with Crippen LogP contribution >= 0.6 is 0 Å². The van der Waals surface area contributed by atoms with Crippen molar-refractivity contribution in [3.8, 4) is 0 Å². The van der Waals surface area contributed by atoms with Crippen LogP contribution in [-0.4, -0.2) is 47.4 Å². The van der Waals surface area contributed by atoms with Gasteiger partial charge in [0.25, 0.3) is 0 Å². The molecule has 6 rings (SSSR count). The number of allylic oxidation sites excluding steroid dienone is 2. The highest BCUT2D eigenvalue weighted by atomic mass is 16.5. The summed E-state index contributed by atoms with van der Waals surface area (Å²) in [4.78, 5) is 55.5. The molecule has 5 aliphatic carbocycles. The van der Waals surface area contributed by atoms with E-state index in [1.165, 1.54) is 5.57 Å². The standard InChI is InChI=1S/C43H61NO5/c1-28(45)25-44(26-29(2)46)35-16-17-41(7)34(38(35,3)4)15-18-43(9)36(41)33(47)23-31-32-24-40(6,20-19-39(32,5)21-22-42(31,43)8)37(48)49-27-30-13-11-10-12-14-30/h10-14,23,32,34-36H,15-22,24-27H2,1-9H3/t32-,34-,35-,36+,39+,40-,41-,42+,43+/m0/s1. The topological polar surface area (TPSA) is 80.8 Å². The van der Waals surface area contributed by atoms with Gasteiger partial charge in [0.1, 0.15) is 18.2 Å². The number of ketones is 3. The Bertz CT molecular complexity index is 1530.